The van der Waals surface area contributed by atoms with Gasteiger partial charge in [-0.05, 0) is 55.6 Å². The van der Waals surface area contributed by atoms with Crippen molar-refractivity contribution in [2.75, 3.05) is 30.6 Å². The second-order valence-electron chi connectivity index (χ2n) is 8.44. The number of nitrogens with two attached hydrogens (primary N) is 3. The maximum Gasteiger partial charge on any atom is 0.326 e. The Morgan fingerprint density at radius 3 is 1.75 bits per heavy atom. The maximum absolute atomic E-state index is 13.1. The zero-order chi connectivity index (χ0) is 27.7. The van der Waals surface area contributed by atoms with E-state index in [-0.39, 0.29) is 31.3 Å². The van der Waals surface area contributed by atoms with Crippen LogP contribution in [-0.4, -0.2) is 89.5 Å². The number of carboxylic acid groups (broad SMARTS) is 1. The van der Waals surface area contributed by atoms with Gasteiger partial charge in [0.2, 0.25) is 17.7 Å². The Morgan fingerprint density at radius 1 is 0.861 bits per heavy atom. The van der Waals surface area contributed by atoms with Crippen LogP contribution in [0.3, 0.4) is 0 Å². The number of aliphatic carboxylic acids is 1. The topological polar surface area (TPSA) is 215 Å². The van der Waals surface area contributed by atoms with E-state index < -0.39 is 47.9 Å². The zero-order valence-electron chi connectivity index (χ0n) is 21.6. The maximum atomic E-state index is 13.1. The van der Waals surface area contributed by atoms with E-state index in [4.69, 9.17) is 17.2 Å². The lowest BCUT2D eigenvalue weighted by molar-refractivity contribution is -0.142. The summed E-state index contributed by atoms with van der Waals surface area (Å²) in [6.07, 6.45) is 5.55. The lowest BCUT2D eigenvalue weighted by Gasteiger charge is -2.26. The van der Waals surface area contributed by atoms with Gasteiger partial charge in [0.1, 0.15) is 18.1 Å². The predicted octanol–water partition coefficient (Wildman–Crippen LogP) is -0.541. The molecule has 0 aromatic heterocycles. The van der Waals surface area contributed by atoms with E-state index in [2.05, 4.69) is 20.9 Å². The molecule has 5 atom stereocenters. The highest BCUT2D eigenvalue weighted by Crippen LogP contribution is 2.09. The minimum atomic E-state index is -1.20. The van der Waals surface area contributed by atoms with Gasteiger partial charge in [0.05, 0.1) is 6.04 Å². The molecule has 208 valence electrons. The van der Waals surface area contributed by atoms with Gasteiger partial charge in [0.15, 0.2) is 5.96 Å². The minimum absolute atomic E-state index is 0.0608. The highest BCUT2D eigenvalue weighted by molar-refractivity contribution is 7.98. The minimum Gasteiger partial charge on any atom is -0.480 e. The van der Waals surface area contributed by atoms with Crippen LogP contribution in [0.4, 0.5) is 0 Å². The van der Waals surface area contributed by atoms with E-state index in [0.29, 0.717) is 30.8 Å². The molecule has 0 aromatic carbocycles. The number of carboxylic acids is 1. The van der Waals surface area contributed by atoms with Gasteiger partial charge >= 0.3 is 5.97 Å². The number of hydrogen-bond acceptors (Lipinski definition) is 8. The monoisotopic (exact) mass is 549 g/mol. The Balaban J connectivity index is 5.42. The first kappa shape index (κ1) is 33.8. The van der Waals surface area contributed by atoms with Gasteiger partial charge in [-0.25, -0.2) is 4.79 Å². The molecule has 0 aliphatic heterocycles. The van der Waals surface area contributed by atoms with E-state index in [9.17, 15) is 24.3 Å². The number of carbonyl (C=O) groups excluding carboxylic acids is 3. The summed E-state index contributed by atoms with van der Waals surface area (Å²) in [5, 5.41) is 17.4. The van der Waals surface area contributed by atoms with Crippen LogP contribution in [0.5, 0.6) is 0 Å². The summed E-state index contributed by atoms with van der Waals surface area (Å²) in [6, 6.07) is -3.77. The van der Waals surface area contributed by atoms with Gasteiger partial charge in [0.25, 0.3) is 0 Å². The molecule has 0 aliphatic carbocycles. The van der Waals surface area contributed by atoms with E-state index in [0.717, 1.165) is 0 Å². The molecule has 0 radical (unpaired) electrons. The van der Waals surface area contributed by atoms with Gasteiger partial charge in [-0.2, -0.15) is 23.5 Å². The van der Waals surface area contributed by atoms with Crippen molar-refractivity contribution in [3.05, 3.63) is 0 Å². The van der Waals surface area contributed by atoms with Crippen molar-refractivity contribution in [2.45, 2.75) is 70.1 Å². The van der Waals surface area contributed by atoms with E-state index >= 15 is 0 Å². The summed E-state index contributed by atoms with van der Waals surface area (Å²) in [4.78, 5) is 54.1. The molecule has 0 saturated heterocycles. The molecule has 0 saturated carbocycles. The molecular weight excluding hydrogens is 506 g/mol. The number of amides is 3. The first-order valence-electron chi connectivity index (χ1n) is 11.9. The molecule has 14 heteroatoms. The highest BCUT2D eigenvalue weighted by atomic mass is 32.2. The van der Waals surface area contributed by atoms with Crippen molar-refractivity contribution >= 4 is 53.2 Å². The molecule has 0 aliphatic rings. The SMILES string of the molecule is CCC(C)C(N)C(=O)NC(CCSC)C(=O)NC(CCSC)C(=O)NC(CCCN=C(N)N)C(=O)O. The van der Waals surface area contributed by atoms with Crippen LogP contribution in [0.15, 0.2) is 4.99 Å². The third kappa shape index (κ3) is 13.8. The Kier molecular flexibility index (Phi) is 17.8. The molecule has 0 spiro atoms. The van der Waals surface area contributed by atoms with Gasteiger partial charge in [-0.3, -0.25) is 19.4 Å². The van der Waals surface area contributed by atoms with Gasteiger partial charge in [-0.1, -0.05) is 20.3 Å². The number of thioether (sulfide) groups is 2. The van der Waals surface area contributed by atoms with Crippen LogP contribution in [0.25, 0.3) is 0 Å². The third-order valence-corrected chi connectivity index (χ3v) is 6.89. The Morgan fingerprint density at radius 2 is 1.33 bits per heavy atom. The molecule has 10 N–H and O–H groups in total. The van der Waals surface area contributed by atoms with Crippen LogP contribution in [-0.2, 0) is 19.2 Å². The first-order chi connectivity index (χ1) is 17.0. The molecule has 36 heavy (non-hydrogen) atoms. The lowest BCUT2D eigenvalue weighted by Crippen LogP contribution is -2.57. The Bertz CT molecular complexity index is 738. The van der Waals surface area contributed by atoms with E-state index in [1.807, 2.05) is 26.4 Å². The second kappa shape index (κ2) is 19.0. The molecular formula is C22H43N7O5S2. The molecule has 0 fully saturated rings. The van der Waals surface area contributed by atoms with Crippen molar-refractivity contribution in [1.82, 2.24) is 16.0 Å². The second-order valence-corrected chi connectivity index (χ2v) is 10.4. The summed E-state index contributed by atoms with van der Waals surface area (Å²) in [5.41, 5.74) is 16.6. The summed E-state index contributed by atoms with van der Waals surface area (Å²) < 4.78 is 0. The molecule has 0 heterocycles. The van der Waals surface area contributed by atoms with Crippen LogP contribution >= 0.6 is 23.5 Å². The number of aliphatic imine (C=N–C) groups is 1. The predicted molar refractivity (Wildman–Crippen MR) is 147 cm³/mol. The lowest BCUT2D eigenvalue weighted by atomic mass is 9.99. The standard InChI is InChI=1S/C22H43N7O5S2/c1-5-13(2)17(23)20(32)28-15(9-12-36-4)18(30)27-14(8-11-35-3)19(31)29-16(21(33)34)7-6-10-26-22(24)25/h13-17H,5-12,23H2,1-4H3,(H,27,30)(H,28,32)(H,29,31)(H,33,34)(H4,24,25,26). The number of carbonyl (C=O) groups is 4. The fourth-order valence-electron chi connectivity index (χ4n) is 3.09. The van der Waals surface area contributed by atoms with Crippen molar-refractivity contribution in [3.63, 3.8) is 0 Å². The number of guanidine groups is 1. The Labute approximate surface area is 222 Å². The van der Waals surface area contributed by atoms with Crippen molar-refractivity contribution in [2.24, 2.45) is 28.1 Å². The summed E-state index contributed by atoms with van der Waals surface area (Å²) >= 11 is 3.01. The average Bonchev–Trinajstić information content (AvgIpc) is 2.84. The number of nitrogens with zero attached hydrogens (tertiary/aromatic N) is 1. The summed E-state index contributed by atoms with van der Waals surface area (Å²) in [7, 11) is 0. The molecule has 0 bridgehead atoms. The Hall–Kier alpha value is -2.19. The van der Waals surface area contributed by atoms with Crippen molar-refractivity contribution < 1.29 is 24.3 Å². The molecule has 3 amide bonds. The fourth-order valence-corrected chi connectivity index (χ4v) is 4.04. The average molecular weight is 550 g/mol. The van der Waals surface area contributed by atoms with Gasteiger partial charge in [0, 0.05) is 6.54 Å². The fraction of sp³-hybridized carbons (Fsp3) is 0.773. The quantitative estimate of drug-likeness (QED) is 0.0620. The first-order valence-corrected chi connectivity index (χ1v) is 14.7. The normalized spacial score (nSPS) is 15.0. The number of rotatable bonds is 19. The van der Waals surface area contributed by atoms with Crippen LogP contribution in [0, 0.1) is 5.92 Å². The summed E-state index contributed by atoms with van der Waals surface area (Å²) in [5.74, 6) is -1.76. The molecule has 12 nitrogen and oxygen atoms in total. The molecule has 0 rings (SSSR count). The van der Waals surface area contributed by atoms with Crippen LogP contribution < -0.4 is 33.2 Å². The van der Waals surface area contributed by atoms with Crippen LogP contribution in [0.1, 0.15) is 46.0 Å². The van der Waals surface area contributed by atoms with Gasteiger partial charge < -0.3 is 38.3 Å². The van der Waals surface area contributed by atoms with Crippen molar-refractivity contribution in [3.8, 4) is 0 Å². The van der Waals surface area contributed by atoms with E-state index in [1.54, 1.807) is 0 Å². The smallest absolute Gasteiger partial charge is 0.326 e. The van der Waals surface area contributed by atoms with Gasteiger partial charge in [-0.15, -0.1) is 0 Å². The highest BCUT2D eigenvalue weighted by Gasteiger charge is 2.30. The number of nitrogens with one attached hydrogen (secondary N) is 3. The van der Waals surface area contributed by atoms with E-state index in [1.165, 1.54) is 23.5 Å². The zero-order valence-corrected chi connectivity index (χ0v) is 23.3. The third-order valence-electron chi connectivity index (χ3n) is 5.61. The number of hydrogen-bond donors (Lipinski definition) is 7. The molecule has 0 aromatic rings. The summed E-state index contributed by atoms with van der Waals surface area (Å²) in [6.45, 7) is 4.01. The van der Waals surface area contributed by atoms with Crippen LogP contribution in [0.2, 0.25) is 0 Å². The van der Waals surface area contributed by atoms with Crippen molar-refractivity contribution in [1.29, 1.82) is 0 Å². The molecule has 5 unspecified atom stereocenters. The largest absolute Gasteiger partial charge is 0.480 e.